The number of hydrogen-bond acceptors (Lipinski definition) is 3. The molecule has 1 aliphatic rings. The fourth-order valence-electron chi connectivity index (χ4n) is 1.89. The monoisotopic (exact) mass is 249 g/mol. The summed E-state index contributed by atoms with van der Waals surface area (Å²) in [6, 6.07) is 7.48. The molecule has 1 aliphatic heterocycles. The molecule has 1 atom stereocenters. The molecule has 96 valence electrons. The molecule has 5 nitrogen and oxygen atoms in total. The number of benzene rings is 1. The fourth-order valence-corrected chi connectivity index (χ4v) is 1.89. The largest absolute Gasteiger partial charge is 0.491 e. The summed E-state index contributed by atoms with van der Waals surface area (Å²) >= 11 is 0. The first kappa shape index (κ1) is 12.4. The van der Waals surface area contributed by atoms with E-state index in [4.69, 9.17) is 9.84 Å². The summed E-state index contributed by atoms with van der Waals surface area (Å²) in [7, 11) is 0. The van der Waals surface area contributed by atoms with Crippen molar-refractivity contribution in [3.63, 3.8) is 0 Å². The molecule has 18 heavy (non-hydrogen) atoms. The van der Waals surface area contributed by atoms with Gasteiger partial charge in [-0.15, -0.1) is 0 Å². The molecule has 0 aromatic heterocycles. The number of carbonyl (C=O) groups excluding carboxylic acids is 1. The number of fused-ring (bicyclic) bond motifs is 1. The van der Waals surface area contributed by atoms with Crippen LogP contribution in [-0.4, -0.2) is 35.0 Å². The van der Waals surface area contributed by atoms with Gasteiger partial charge in [0.1, 0.15) is 18.3 Å². The number of aliphatic carboxylic acids is 1. The van der Waals surface area contributed by atoms with Crippen LogP contribution in [0.4, 0.5) is 0 Å². The highest BCUT2D eigenvalue weighted by Gasteiger charge is 2.27. The SMILES string of the molecule is CC(C(=O)O)C(=O)N1CCOc2ccccc2C1. The van der Waals surface area contributed by atoms with Crippen LogP contribution in [0.3, 0.4) is 0 Å². The second-order valence-electron chi connectivity index (χ2n) is 4.28. The van der Waals surface area contributed by atoms with Gasteiger partial charge >= 0.3 is 5.97 Å². The lowest BCUT2D eigenvalue weighted by atomic mass is 10.1. The number of rotatable bonds is 2. The zero-order chi connectivity index (χ0) is 13.1. The molecule has 1 amide bonds. The first-order valence-corrected chi connectivity index (χ1v) is 5.82. The maximum absolute atomic E-state index is 12.0. The average molecular weight is 249 g/mol. The third-order valence-electron chi connectivity index (χ3n) is 3.01. The zero-order valence-corrected chi connectivity index (χ0v) is 10.1. The average Bonchev–Trinajstić information content (AvgIpc) is 2.58. The fraction of sp³-hybridized carbons (Fsp3) is 0.385. The van der Waals surface area contributed by atoms with E-state index < -0.39 is 11.9 Å². The predicted octanol–water partition coefficient (Wildman–Crippen LogP) is 1.13. The van der Waals surface area contributed by atoms with E-state index in [1.54, 1.807) is 0 Å². The van der Waals surface area contributed by atoms with Crippen LogP contribution in [0.25, 0.3) is 0 Å². The number of hydrogen-bond donors (Lipinski definition) is 1. The smallest absolute Gasteiger partial charge is 0.315 e. The van der Waals surface area contributed by atoms with Gasteiger partial charge in [-0.05, 0) is 13.0 Å². The van der Waals surface area contributed by atoms with E-state index >= 15 is 0 Å². The Morgan fingerprint density at radius 3 is 2.83 bits per heavy atom. The molecule has 0 radical (unpaired) electrons. The van der Waals surface area contributed by atoms with E-state index in [9.17, 15) is 9.59 Å². The van der Waals surface area contributed by atoms with Gasteiger partial charge in [-0.1, -0.05) is 18.2 Å². The lowest BCUT2D eigenvalue weighted by Gasteiger charge is -2.21. The Kier molecular flexibility index (Phi) is 3.50. The molecule has 1 aromatic rings. The minimum absolute atomic E-state index is 0.372. The summed E-state index contributed by atoms with van der Waals surface area (Å²) in [5.41, 5.74) is 0.904. The minimum atomic E-state index is -1.10. The van der Waals surface area contributed by atoms with Gasteiger partial charge in [0.2, 0.25) is 5.91 Å². The Labute approximate surface area is 105 Å². The lowest BCUT2D eigenvalue weighted by Crippen LogP contribution is -2.39. The molecule has 5 heteroatoms. The number of amides is 1. The van der Waals surface area contributed by atoms with Crippen LogP contribution >= 0.6 is 0 Å². The van der Waals surface area contributed by atoms with Crippen LogP contribution < -0.4 is 4.74 Å². The van der Waals surface area contributed by atoms with Crippen molar-refractivity contribution in [3.05, 3.63) is 29.8 Å². The van der Waals surface area contributed by atoms with Gasteiger partial charge in [0.05, 0.1) is 6.54 Å². The maximum Gasteiger partial charge on any atom is 0.315 e. The van der Waals surface area contributed by atoms with Gasteiger partial charge in [0.15, 0.2) is 0 Å². The molecular weight excluding hydrogens is 234 g/mol. The number of carbonyl (C=O) groups is 2. The van der Waals surface area contributed by atoms with Crippen molar-refractivity contribution in [2.75, 3.05) is 13.2 Å². The molecule has 0 spiro atoms. The number of ether oxygens (including phenoxy) is 1. The van der Waals surface area contributed by atoms with Crippen molar-refractivity contribution < 1.29 is 19.4 Å². The molecule has 1 unspecified atom stereocenters. The van der Waals surface area contributed by atoms with E-state index in [1.807, 2.05) is 24.3 Å². The molecule has 0 aliphatic carbocycles. The van der Waals surface area contributed by atoms with Gasteiger partial charge in [0.25, 0.3) is 0 Å². The zero-order valence-electron chi connectivity index (χ0n) is 10.1. The summed E-state index contributed by atoms with van der Waals surface area (Å²) in [5, 5.41) is 8.87. The van der Waals surface area contributed by atoms with Crippen LogP contribution in [0.5, 0.6) is 5.75 Å². The van der Waals surface area contributed by atoms with Crippen molar-refractivity contribution in [2.24, 2.45) is 5.92 Å². The number of carboxylic acid groups (broad SMARTS) is 1. The molecular formula is C13H15NO4. The van der Waals surface area contributed by atoms with E-state index in [1.165, 1.54) is 11.8 Å². The Bertz CT molecular complexity index is 472. The van der Waals surface area contributed by atoms with Crippen LogP contribution in [0.1, 0.15) is 12.5 Å². The second kappa shape index (κ2) is 5.08. The van der Waals surface area contributed by atoms with Crippen LogP contribution in [0.15, 0.2) is 24.3 Å². The molecule has 2 rings (SSSR count). The minimum Gasteiger partial charge on any atom is -0.491 e. The normalized spacial score (nSPS) is 16.2. The Morgan fingerprint density at radius 2 is 2.11 bits per heavy atom. The highest BCUT2D eigenvalue weighted by molar-refractivity contribution is 5.96. The van der Waals surface area contributed by atoms with E-state index in [2.05, 4.69) is 0 Å². The van der Waals surface area contributed by atoms with Crippen molar-refractivity contribution in [2.45, 2.75) is 13.5 Å². The van der Waals surface area contributed by atoms with E-state index in [0.717, 1.165) is 11.3 Å². The molecule has 0 bridgehead atoms. The Hall–Kier alpha value is -2.04. The quantitative estimate of drug-likeness (QED) is 0.798. The topological polar surface area (TPSA) is 66.8 Å². The predicted molar refractivity (Wildman–Crippen MR) is 64.2 cm³/mol. The molecule has 0 saturated heterocycles. The highest BCUT2D eigenvalue weighted by atomic mass is 16.5. The first-order valence-electron chi connectivity index (χ1n) is 5.82. The molecule has 0 fully saturated rings. The number of carboxylic acids is 1. The van der Waals surface area contributed by atoms with Crippen LogP contribution in [-0.2, 0) is 16.1 Å². The molecule has 0 saturated carbocycles. The number of para-hydroxylation sites is 1. The summed E-state index contributed by atoms with van der Waals surface area (Å²) in [5.74, 6) is -1.73. The summed E-state index contributed by atoms with van der Waals surface area (Å²) < 4.78 is 5.53. The summed E-state index contributed by atoms with van der Waals surface area (Å²) in [6.07, 6.45) is 0. The molecule has 1 N–H and O–H groups in total. The van der Waals surface area contributed by atoms with Gasteiger partial charge < -0.3 is 14.7 Å². The van der Waals surface area contributed by atoms with Crippen molar-refractivity contribution in [3.8, 4) is 5.75 Å². The standard InChI is InChI=1S/C13H15NO4/c1-9(13(16)17)12(15)14-6-7-18-11-5-3-2-4-10(11)8-14/h2-5,9H,6-8H2,1H3,(H,16,17). The summed E-state index contributed by atoms with van der Waals surface area (Å²) in [6.45, 7) is 2.59. The highest BCUT2D eigenvalue weighted by Crippen LogP contribution is 2.23. The maximum atomic E-state index is 12.0. The Morgan fingerprint density at radius 1 is 1.39 bits per heavy atom. The third-order valence-corrected chi connectivity index (χ3v) is 3.01. The second-order valence-corrected chi connectivity index (χ2v) is 4.28. The Balaban J connectivity index is 2.17. The lowest BCUT2D eigenvalue weighted by molar-refractivity contribution is -0.150. The number of nitrogens with zero attached hydrogens (tertiary/aromatic N) is 1. The van der Waals surface area contributed by atoms with E-state index in [0.29, 0.717) is 19.7 Å². The van der Waals surface area contributed by atoms with Gasteiger partial charge in [0, 0.05) is 12.1 Å². The summed E-state index contributed by atoms with van der Waals surface area (Å²) in [4.78, 5) is 24.4. The van der Waals surface area contributed by atoms with E-state index in [-0.39, 0.29) is 5.91 Å². The molecule has 1 aromatic carbocycles. The van der Waals surface area contributed by atoms with Crippen molar-refractivity contribution in [1.82, 2.24) is 4.90 Å². The first-order chi connectivity index (χ1) is 8.59. The molecule has 1 heterocycles. The van der Waals surface area contributed by atoms with Crippen molar-refractivity contribution in [1.29, 1.82) is 0 Å². The van der Waals surface area contributed by atoms with Gasteiger partial charge in [-0.2, -0.15) is 0 Å². The van der Waals surface area contributed by atoms with Gasteiger partial charge in [-0.25, -0.2) is 0 Å². The van der Waals surface area contributed by atoms with Crippen LogP contribution in [0.2, 0.25) is 0 Å². The van der Waals surface area contributed by atoms with Gasteiger partial charge in [-0.3, -0.25) is 9.59 Å². The van der Waals surface area contributed by atoms with Crippen LogP contribution in [0, 0.1) is 5.92 Å². The third kappa shape index (κ3) is 2.45. The van der Waals surface area contributed by atoms with Crippen molar-refractivity contribution >= 4 is 11.9 Å².